The van der Waals surface area contributed by atoms with Crippen LogP contribution >= 0.6 is 11.3 Å². The van der Waals surface area contributed by atoms with Crippen molar-refractivity contribution in [3.05, 3.63) is 53.1 Å². The van der Waals surface area contributed by atoms with Crippen LogP contribution in [-0.4, -0.2) is 38.0 Å². The van der Waals surface area contributed by atoms with E-state index in [-0.39, 0.29) is 0 Å². The summed E-state index contributed by atoms with van der Waals surface area (Å²) in [5.41, 5.74) is 2.08. The van der Waals surface area contributed by atoms with Crippen molar-refractivity contribution < 1.29 is 0 Å². The molecular formula is C17H19N5S. The number of nitrogens with zero attached hydrogens (tertiary/aromatic N) is 5. The summed E-state index contributed by atoms with van der Waals surface area (Å²) >= 11 is 1.73. The molecule has 0 bridgehead atoms. The second-order valence-electron chi connectivity index (χ2n) is 5.88. The van der Waals surface area contributed by atoms with Crippen molar-refractivity contribution in [2.45, 2.75) is 25.4 Å². The standard InChI is InChI=1S/C17H19N5S/c1-2-4-14(5-3-1)16-12-22(20-19-16)15-6-9-21(10-7-15)13-17-18-8-11-23-17/h1-5,8,11-12,15H,6-7,9-10,13H2. The summed E-state index contributed by atoms with van der Waals surface area (Å²) < 4.78 is 2.04. The largest absolute Gasteiger partial charge is 0.297 e. The smallest absolute Gasteiger partial charge is 0.113 e. The first-order valence-electron chi connectivity index (χ1n) is 7.96. The maximum Gasteiger partial charge on any atom is 0.113 e. The van der Waals surface area contributed by atoms with Gasteiger partial charge in [-0.2, -0.15) is 0 Å². The minimum atomic E-state index is 0.451. The van der Waals surface area contributed by atoms with Crippen molar-refractivity contribution in [2.75, 3.05) is 13.1 Å². The van der Waals surface area contributed by atoms with Gasteiger partial charge in [0.1, 0.15) is 10.7 Å². The lowest BCUT2D eigenvalue weighted by molar-refractivity contribution is 0.172. The minimum absolute atomic E-state index is 0.451. The molecule has 0 unspecified atom stereocenters. The molecule has 1 aliphatic rings. The van der Waals surface area contributed by atoms with E-state index in [9.17, 15) is 0 Å². The molecule has 0 spiro atoms. The number of piperidine rings is 1. The average molecular weight is 325 g/mol. The number of hydrogen-bond acceptors (Lipinski definition) is 5. The first-order valence-corrected chi connectivity index (χ1v) is 8.84. The highest BCUT2D eigenvalue weighted by atomic mass is 32.1. The van der Waals surface area contributed by atoms with Crippen molar-refractivity contribution in [3.63, 3.8) is 0 Å². The molecule has 1 aliphatic heterocycles. The third kappa shape index (κ3) is 3.33. The van der Waals surface area contributed by atoms with Crippen LogP contribution in [-0.2, 0) is 6.54 Å². The van der Waals surface area contributed by atoms with Gasteiger partial charge in [-0.05, 0) is 12.8 Å². The highest BCUT2D eigenvalue weighted by molar-refractivity contribution is 7.09. The van der Waals surface area contributed by atoms with Gasteiger partial charge in [-0.25, -0.2) is 9.67 Å². The van der Waals surface area contributed by atoms with Gasteiger partial charge in [-0.1, -0.05) is 35.5 Å². The first kappa shape index (κ1) is 14.5. The Morgan fingerprint density at radius 2 is 1.96 bits per heavy atom. The lowest BCUT2D eigenvalue weighted by Crippen LogP contribution is -2.34. The van der Waals surface area contributed by atoms with Gasteiger partial charge in [0, 0.05) is 30.2 Å². The van der Waals surface area contributed by atoms with Crippen molar-refractivity contribution in [2.24, 2.45) is 0 Å². The van der Waals surface area contributed by atoms with Gasteiger partial charge in [0.25, 0.3) is 0 Å². The van der Waals surface area contributed by atoms with E-state index in [1.54, 1.807) is 11.3 Å². The Hall–Kier alpha value is -2.05. The maximum absolute atomic E-state index is 4.37. The van der Waals surface area contributed by atoms with Gasteiger partial charge in [0.15, 0.2) is 0 Å². The van der Waals surface area contributed by atoms with Crippen LogP contribution in [0.25, 0.3) is 11.3 Å². The van der Waals surface area contributed by atoms with Crippen molar-refractivity contribution >= 4 is 11.3 Å². The molecule has 0 atom stereocenters. The summed E-state index contributed by atoms with van der Waals surface area (Å²) in [6, 6.07) is 10.7. The quantitative estimate of drug-likeness (QED) is 0.739. The molecule has 1 saturated heterocycles. The predicted molar refractivity (Wildman–Crippen MR) is 91.1 cm³/mol. The van der Waals surface area contributed by atoms with Gasteiger partial charge in [-0.3, -0.25) is 4.90 Å². The van der Waals surface area contributed by atoms with Gasteiger partial charge < -0.3 is 0 Å². The number of rotatable bonds is 4. The molecule has 23 heavy (non-hydrogen) atoms. The minimum Gasteiger partial charge on any atom is -0.297 e. The molecule has 1 fully saturated rings. The third-order valence-corrected chi connectivity index (χ3v) is 5.12. The fraction of sp³-hybridized carbons (Fsp3) is 0.353. The molecule has 1 aromatic carbocycles. The predicted octanol–water partition coefficient (Wildman–Crippen LogP) is 3.24. The molecular weight excluding hydrogens is 306 g/mol. The van der Waals surface area contributed by atoms with Crippen molar-refractivity contribution in [3.8, 4) is 11.3 Å². The fourth-order valence-corrected chi connectivity index (χ4v) is 3.72. The Bertz CT molecular complexity index is 729. The SMILES string of the molecule is c1ccc(-c2cn(C3CCN(Cc4nccs4)CC3)nn2)cc1. The molecule has 6 heteroatoms. The zero-order valence-corrected chi connectivity index (χ0v) is 13.7. The molecule has 0 aliphatic carbocycles. The number of hydrogen-bond donors (Lipinski definition) is 0. The lowest BCUT2D eigenvalue weighted by Gasteiger charge is -2.31. The zero-order valence-electron chi connectivity index (χ0n) is 12.9. The van der Waals surface area contributed by atoms with Crippen LogP contribution in [0.3, 0.4) is 0 Å². The molecule has 3 aromatic rings. The van der Waals surface area contributed by atoms with Gasteiger partial charge >= 0.3 is 0 Å². The van der Waals surface area contributed by atoms with Crippen LogP contribution in [0.15, 0.2) is 48.1 Å². The molecule has 118 valence electrons. The Kier molecular flexibility index (Phi) is 4.17. The van der Waals surface area contributed by atoms with Gasteiger partial charge in [0.2, 0.25) is 0 Å². The molecule has 0 saturated carbocycles. The van der Waals surface area contributed by atoms with E-state index in [1.165, 1.54) is 5.01 Å². The first-order chi connectivity index (χ1) is 11.4. The highest BCUT2D eigenvalue weighted by Gasteiger charge is 2.22. The van der Waals surface area contributed by atoms with E-state index in [2.05, 4.69) is 38.5 Å². The summed E-state index contributed by atoms with van der Waals surface area (Å²) in [5.74, 6) is 0. The molecule has 4 rings (SSSR count). The Balaban J connectivity index is 1.38. The summed E-state index contributed by atoms with van der Waals surface area (Å²) in [4.78, 5) is 6.85. The number of aromatic nitrogens is 4. The summed E-state index contributed by atoms with van der Waals surface area (Å²) in [6.07, 6.45) is 6.19. The Labute approximate surface area is 139 Å². The molecule has 0 amide bonds. The van der Waals surface area contributed by atoms with E-state index < -0.39 is 0 Å². The van der Waals surface area contributed by atoms with Crippen LogP contribution in [0.2, 0.25) is 0 Å². The van der Waals surface area contributed by atoms with E-state index in [4.69, 9.17) is 0 Å². The lowest BCUT2D eigenvalue weighted by atomic mass is 10.1. The topological polar surface area (TPSA) is 46.8 Å². The molecule has 0 N–H and O–H groups in total. The van der Waals surface area contributed by atoms with Crippen molar-refractivity contribution in [1.82, 2.24) is 24.9 Å². The van der Waals surface area contributed by atoms with E-state index in [0.717, 1.165) is 43.7 Å². The van der Waals surface area contributed by atoms with Crippen LogP contribution < -0.4 is 0 Å². The van der Waals surface area contributed by atoms with E-state index in [1.807, 2.05) is 34.5 Å². The Morgan fingerprint density at radius 1 is 1.13 bits per heavy atom. The van der Waals surface area contributed by atoms with Crippen LogP contribution in [0.4, 0.5) is 0 Å². The summed E-state index contributed by atoms with van der Waals surface area (Å²) in [6.45, 7) is 3.15. The normalized spacial score (nSPS) is 16.7. The second kappa shape index (κ2) is 6.60. The molecule has 3 heterocycles. The third-order valence-electron chi connectivity index (χ3n) is 4.35. The van der Waals surface area contributed by atoms with E-state index >= 15 is 0 Å². The number of likely N-dealkylation sites (tertiary alicyclic amines) is 1. The number of thiazole rings is 1. The summed E-state index contributed by atoms with van der Waals surface area (Å²) in [5, 5.41) is 11.9. The fourth-order valence-electron chi connectivity index (χ4n) is 3.06. The van der Waals surface area contributed by atoms with E-state index in [0.29, 0.717) is 6.04 Å². The number of benzene rings is 1. The second-order valence-corrected chi connectivity index (χ2v) is 6.86. The van der Waals surface area contributed by atoms with Crippen LogP contribution in [0.5, 0.6) is 0 Å². The van der Waals surface area contributed by atoms with Gasteiger partial charge in [0.05, 0.1) is 18.8 Å². The average Bonchev–Trinajstić information content (AvgIpc) is 3.28. The Morgan fingerprint density at radius 3 is 2.70 bits per heavy atom. The van der Waals surface area contributed by atoms with Crippen LogP contribution in [0.1, 0.15) is 23.9 Å². The molecule has 2 aromatic heterocycles. The molecule has 5 nitrogen and oxygen atoms in total. The monoisotopic (exact) mass is 325 g/mol. The molecule has 0 radical (unpaired) electrons. The zero-order chi connectivity index (χ0) is 15.5. The summed E-state index contributed by atoms with van der Waals surface area (Å²) in [7, 11) is 0. The van der Waals surface area contributed by atoms with Gasteiger partial charge in [-0.15, -0.1) is 16.4 Å². The maximum atomic E-state index is 4.37. The van der Waals surface area contributed by atoms with Crippen LogP contribution in [0, 0.1) is 0 Å². The highest BCUT2D eigenvalue weighted by Crippen LogP contribution is 2.25. The van der Waals surface area contributed by atoms with Crippen molar-refractivity contribution in [1.29, 1.82) is 0 Å².